The highest BCUT2D eigenvalue weighted by Crippen LogP contribution is 2.41. The van der Waals surface area contributed by atoms with Crippen LogP contribution in [-0.2, 0) is 4.74 Å². The van der Waals surface area contributed by atoms with Crippen LogP contribution >= 0.6 is 0 Å². The van der Waals surface area contributed by atoms with Crippen molar-refractivity contribution in [2.45, 2.75) is 12.8 Å². The second kappa shape index (κ2) is 6.16. The smallest absolute Gasteiger partial charge is 0.317 e. The summed E-state index contributed by atoms with van der Waals surface area (Å²) in [5.41, 5.74) is -0.118. The van der Waals surface area contributed by atoms with Crippen molar-refractivity contribution in [2.75, 3.05) is 50.8 Å². The molecule has 3 aliphatic rings. The third kappa shape index (κ3) is 2.79. The predicted octanol–water partition coefficient (Wildman–Crippen LogP) is 0.874. The molecular weight excluding hydrogens is 313 g/mol. The molecule has 1 aromatic rings. The summed E-state index contributed by atoms with van der Waals surface area (Å²) in [5, 5.41) is 3.09. The number of hydrogen-bond donors (Lipinski definition) is 1. The highest BCUT2D eigenvalue weighted by Gasteiger charge is 2.51. The number of aromatic nitrogens is 2. The molecule has 4 rings (SSSR count). The Balaban J connectivity index is 1.42. The number of carbonyl (C=O) groups is 1. The number of fused-ring (bicyclic) bond motifs is 1. The first-order valence-corrected chi connectivity index (χ1v) is 8.49. The summed E-state index contributed by atoms with van der Waals surface area (Å²) in [6, 6.07) is 0.0176. The van der Waals surface area contributed by atoms with Crippen molar-refractivity contribution in [1.29, 1.82) is 0 Å². The molecule has 2 atom stereocenters. The van der Waals surface area contributed by atoms with Crippen molar-refractivity contribution < 1.29 is 13.9 Å². The first-order chi connectivity index (χ1) is 11.7. The van der Waals surface area contributed by atoms with Gasteiger partial charge in [0.2, 0.25) is 5.95 Å². The van der Waals surface area contributed by atoms with E-state index in [1.165, 1.54) is 12.4 Å². The van der Waals surface area contributed by atoms with Gasteiger partial charge in [0, 0.05) is 44.1 Å². The maximum absolute atomic E-state index is 13.0. The number of anilines is 1. The quantitative estimate of drug-likeness (QED) is 0.888. The summed E-state index contributed by atoms with van der Waals surface area (Å²) >= 11 is 0. The predicted molar refractivity (Wildman–Crippen MR) is 85.2 cm³/mol. The molecule has 2 amide bonds. The van der Waals surface area contributed by atoms with E-state index in [-0.39, 0.29) is 11.4 Å². The number of urea groups is 1. The number of amides is 2. The van der Waals surface area contributed by atoms with Crippen LogP contribution in [0.1, 0.15) is 12.8 Å². The first-order valence-electron chi connectivity index (χ1n) is 8.49. The van der Waals surface area contributed by atoms with E-state index in [1.807, 2.05) is 4.90 Å². The van der Waals surface area contributed by atoms with E-state index in [2.05, 4.69) is 20.2 Å². The van der Waals surface area contributed by atoms with E-state index in [0.717, 1.165) is 32.5 Å². The fourth-order valence-corrected chi connectivity index (χ4v) is 3.99. The van der Waals surface area contributed by atoms with Crippen molar-refractivity contribution in [2.24, 2.45) is 11.3 Å². The third-order valence-corrected chi connectivity index (χ3v) is 5.40. The summed E-state index contributed by atoms with van der Waals surface area (Å²) in [4.78, 5) is 24.4. The van der Waals surface area contributed by atoms with Gasteiger partial charge in [0.15, 0.2) is 5.82 Å². The molecule has 3 fully saturated rings. The maximum atomic E-state index is 13.0. The van der Waals surface area contributed by atoms with Crippen molar-refractivity contribution in [3.63, 3.8) is 0 Å². The fourth-order valence-electron chi connectivity index (χ4n) is 3.99. The summed E-state index contributed by atoms with van der Waals surface area (Å²) < 4.78 is 18.7. The summed E-state index contributed by atoms with van der Waals surface area (Å²) in [6.45, 7) is 5.05. The second-order valence-corrected chi connectivity index (χ2v) is 7.01. The molecule has 0 aromatic carbocycles. The first kappa shape index (κ1) is 15.6. The van der Waals surface area contributed by atoms with Gasteiger partial charge in [-0.2, -0.15) is 0 Å². The third-order valence-electron chi connectivity index (χ3n) is 5.40. The van der Waals surface area contributed by atoms with Crippen LogP contribution in [0.4, 0.5) is 15.1 Å². The van der Waals surface area contributed by atoms with Gasteiger partial charge in [0.05, 0.1) is 25.6 Å². The van der Waals surface area contributed by atoms with Crippen LogP contribution in [0.5, 0.6) is 0 Å². The summed E-state index contributed by atoms with van der Waals surface area (Å²) in [6.07, 6.45) is 4.55. The van der Waals surface area contributed by atoms with Crippen LogP contribution < -0.4 is 10.2 Å². The molecular formula is C16H22FN5O2. The number of nitrogens with zero attached hydrogens (tertiary/aromatic N) is 4. The molecule has 3 aliphatic heterocycles. The molecule has 3 saturated heterocycles. The molecule has 4 heterocycles. The average molecular weight is 335 g/mol. The number of halogens is 1. The zero-order valence-electron chi connectivity index (χ0n) is 13.6. The molecule has 0 aliphatic carbocycles. The second-order valence-electron chi connectivity index (χ2n) is 7.01. The van der Waals surface area contributed by atoms with Gasteiger partial charge in [-0.15, -0.1) is 0 Å². The van der Waals surface area contributed by atoms with E-state index < -0.39 is 5.82 Å². The molecule has 0 saturated carbocycles. The van der Waals surface area contributed by atoms with Crippen LogP contribution in [-0.4, -0.2) is 66.8 Å². The highest BCUT2D eigenvalue weighted by molar-refractivity contribution is 5.74. The number of carbonyl (C=O) groups excluding carboxylic acids is 1. The van der Waals surface area contributed by atoms with Crippen LogP contribution in [0.15, 0.2) is 12.4 Å². The maximum Gasteiger partial charge on any atom is 0.317 e. The number of hydrogen-bond acceptors (Lipinski definition) is 5. The molecule has 0 bridgehead atoms. The van der Waals surface area contributed by atoms with Crippen LogP contribution in [0.3, 0.4) is 0 Å². The Morgan fingerprint density at radius 3 is 2.88 bits per heavy atom. The van der Waals surface area contributed by atoms with E-state index in [9.17, 15) is 9.18 Å². The van der Waals surface area contributed by atoms with E-state index in [0.29, 0.717) is 38.2 Å². The lowest BCUT2D eigenvalue weighted by Crippen LogP contribution is -2.47. The molecule has 7 nitrogen and oxygen atoms in total. The molecule has 1 N–H and O–H groups in total. The molecule has 0 spiro atoms. The van der Waals surface area contributed by atoms with Gasteiger partial charge < -0.3 is 19.9 Å². The Hall–Kier alpha value is -1.96. The molecule has 24 heavy (non-hydrogen) atoms. The number of nitrogens with one attached hydrogen (secondary N) is 1. The van der Waals surface area contributed by atoms with Gasteiger partial charge in [0.25, 0.3) is 0 Å². The molecule has 1 aromatic heterocycles. The number of rotatable bonds is 3. The van der Waals surface area contributed by atoms with Gasteiger partial charge in [-0.3, -0.25) is 0 Å². The van der Waals surface area contributed by atoms with Gasteiger partial charge in [-0.05, 0) is 12.8 Å². The van der Waals surface area contributed by atoms with Crippen LogP contribution in [0.2, 0.25) is 0 Å². The van der Waals surface area contributed by atoms with Gasteiger partial charge >= 0.3 is 6.03 Å². The average Bonchev–Trinajstić information content (AvgIpc) is 3.29. The van der Waals surface area contributed by atoms with Crippen LogP contribution in [0, 0.1) is 17.2 Å². The standard InChI is InChI=1S/C16H22FN5O2/c17-13-5-18-14(19-6-13)22-7-12-8-24-11-16(12,10-22)9-20-15(23)21-3-1-2-4-21/h5-6,12H,1-4,7-11H2,(H,20,23)/t12-,16+/m0/s1. The van der Waals surface area contributed by atoms with E-state index in [1.54, 1.807) is 0 Å². The highest BCUT2D eigenvalue weighted by atomic mass is 19.1. The largest absolute Gasteiger partial charge is 0.380 e. The number of ether oxygens (including phenoxy) is 1. The van der Waals surface area contributed by atoms with Crippen molar-refractivity contribution in [3.05, 3.63) is 18.2 Å². The zero-order chi connectivity index (χ0) is 16.6. The lowest BCUT2D eigenvalue weighted by atomic mass is 9.81. The minimum atomic E-state index is -0.436. The molecule has 0 radical (unpaired) electrons. The Morgan fingerprint density at radius 2 is 2.12 bits per heavy atom. The number of likely N-dealkylation sites (tertiary alicyclic amines) is 1. The molecule has 130 valence electrons. The van der Waals surface area contributed by atoms with Gasteiger partial charge in [0.1, 0.15) is 0 Å². The van der Waals surface area contributed by atoms with Crippen LogP contribution in [0.25, 0.3) is 0 Å². The van der Waals surface area contributed by atoms with E-state index in [4.69, 9.17) is 4.74 Å². The van der Waals surface area contributed by atoms with Crippen molar-refractivity contribution in [3.8, 4) is 0 Å². The van der Waals surface area contributed by atoms with Crippen molar-refractivity contribution in [1.82, 2.24) is 20.2 Å². The summed E-state index contributed by atoms with van der Waals surface area (Å²) in [7, 11) is 0. The zero-order valence-corrected chi connectivity index (χ0v) is 13.6. The summed E-state index contributed by atoms with van der Waals surface area (Å²) in [5.74, 6) is 0.426. The Labute approximate surface area is 140 Å². The fraction of sp³-hybridized carbons (Fsp3) is 0.688. The topological polar surface area (TPSA) is 70.6 Å². The lowest BCUT2D eigenvalue weighted by Gasteiger charge is -2.28. The van der Waals surface area contributed by atoms with Gasteiger partial charge in [-0.25, -0.2) is 19.2 Å². The van der Waals surface area contributed by atoms with E-state index >= 15 is 0 Å². The minimum absolute atomic E-state index is 0.0176. The molecule has 0 unspecified atom stereocenters. The normalized spacial score (nSPS) is 29.1. The monoisotopic (exact) mass is 335 g/mol. The lowest BCUT2D eigenvalue weighted by molar-refractivity contribution is 0.151. The Bertz CT molecular complexity index is 607. The SMILES string of the molecule is O=C(NC[C@@]12COC[C@@H]1CN(c1ncc(F)cn1)C2)N1CCCC1. The van der Waals surface area contributed by atoms with Crippen molar-refractivity contribution >= 4 is 12.0 Å². The Morgan fingerprint density at radius 1 is 1.38 bits per heavy atom. The Kier molecular flexibility index (Phi) is 3.99. The minimum Gasteiger partial charge on any atom is -0.380 e. The molecule has 8 heteroatoms. The van der Waals surface area contributed by atoms with Gasteiger partial charge in [-0.1, -0.05) is 0 Å².